The molecule has 0 saturated heterocycles. The Morgan fingerprint density at radius 2 is 2.13 bits per heavy atom. The van der Waals surface area contributed by atoms with Crippen molar-refractivity contribution in [2.24, 2.45) is 4.99 Å². The number of nitrogens with zero attached hydrogens (tertiary/aromatic N) is 3. The molecular formula is C15H28F2IN5. The van der Waals surface area contributed by atoms with E-state index in [1.54, 1.807) is 0 Å². The lowest BCUT2D eigenvalue weighted by molar-refractivity contribution is 0.0670. The third kappa shape index (κ3) is 8.47. The van der Waals surface area contributed by atoms with E-state index < -0.39 is 6.55 Å². The Hall–Kier alpha value is -0.930. The van der Waals surface area contributed by atoms with Crippen molar-refractivity contribution < 1.29 is 8.78 Å². The Bertz CT molecular complexity index is 451. The van der Waals surface area contributed by atoms with Crippen molar-refractivity contribution in [3.05, 3.63) is 18.2 Å². The van der Waals surface area contributed by atoms with E-state index in [1.165, 1.54) is 12.4 Å². The lowest BCUT2D eigenvalue weighted by Crippen LogP contribution is -2.43. The van der Waals surface area contributed by atoms with E-state index in [0.29, 0.717) is 24.8 Å². The number of hydrogen-bond donors (Lipinski definition) is 2. The van der Waals surface area contributed by atoms with Gasteiger partial charge in [0.05, 0.1) is 0 Å². The van der Waals surface area contributed by atoms with Crippen molar-refractivity contribution in [3.8, 4) is 0 Å². The van der Waals surface area contributed by atoms with E-state index in [2.05, 4.69) is 41.4 Å². The highest BCUT2D eigenvalue weighted by Gasteiger charge is 2.11. The maximum Gasteiger partial charge on any atom is 0.319 e. The van der Waals surface area contributed by atoms with E-state index in [0.717, 1.165) is 36.3 Å². The summed E-state index contributed by atoms with van der Waals surface area (Å²) in [6.45, 7) is 5.02. The summed E-state index contributed by atoms with van der Waals surface area (Å²) in [5.41, 5.74) is 0. The van der Waals surface area contributed by atoms with Gasteiger partial charge in [-0.3, -0.25) is 9.56 Å². The molecule has 0 amide bonds. The zero-order chi connectivity index (χ0) is 16.4. The second-order valence-electron chi connectivity index (χ2n) is 5.24. The number of unbranched alkanes of at least 4 members (excludes halogenated alkanes) is 1. The van der Waals surface area contributed by atoms with Gasteiger partial charge in [-0.15, -0.1) is 24.0 Å². The number of nitrogens with one attached hydrogen (secondary N) is 2. The largest absolute Gasteiger partial charge is 0.356 e. The molecule has 0 fully saturated rings. The summed E-state index contributed by atoms with van der Waals surface area (Å²) < 4.78 is 26.4. The molecule has 0 aliphatic carbocycles. The van der Waals surface area contributed by atoms with E-state index in [9.17, 15) is 8.78 Å². The first-order valence-electron chi connectivity index (χ1n) is 7.93. The van der Waals surface area contributed by atoms with E-state index in [-0.39, 0.29) is 24.0 Å². The Kier molecular flexibility index (Phi) is 12.0. The highest BCUT2D eigenvalue weighted by molar-refractivity contribution is 14.0. The quantitative estimate of drug-likeness (QED) is 0.266. The van der Waals surface area contributed by atoms with Crippen LogP contribution in [0.2, 0.25) is 0 Å². The van der Waals surface area contributed by atoms with Crippen molar-refractivity contribution in [2.45, 2.75) is 59.0 Å². The first-order valence-corrected chi connectivity index (χ1v) is 7.93. The highest BCUT2D eigenvalue weighted by atomic mass is 127. The normalized spacial score (nSPS) is 12.9. The lowest BCUT2D eigenvalue weighted by Gasteiger charge is -2.17. The third-order valence-corrected chi connectivity index (χ3v) is 3.38. The molecule has 0 aliphatic rings. The summed E-state index contributed by atoms with van der Waals surface area (Å²) in [6, 6.07) is 0.316. The molecule has 0 radical (unpaired) electrons. The summed E-state index contributed by atoms with van der Waals surface area (Å²) in [7, 11) is 0. The van der Waals surface area contributed by atoms with Crippen LogP contribution in [0.3, 0.4) is 0 Å². The maximum absolute atomic E-state index is 12.7. The van der Waals surface area contributed by atoms with E-state index >= 15 is 0 Å². The number of guanidine groups is 1. The second-order valence-corrected chi connectivity index (χ2v) is 5.24. The first-order chi connectivity index (χ1) is 10.6. The number of hydrogen-bond acceptors (Lipinski definition) is 2. The topological polar surface area (TPSA) is 54.2 Å². The van der Waals surface area contributed by atoms with Crippen LogP contribution in [0.4, 0.5) is 8.78 Å². The zero-order valence-electron chi connectivity index (χ0n) is 14.1. The number of aliphatic imine (C=N–C) groups is 1. The maximum atomic E-state index is 12.7. The van der Waals surface area contributed by atoms with Crippen LogP contribution >= 0.6 is 24.0 Å². The summed E-state index contributed by atoms with van der Waals surface area (Å²) in [5, 5.41) is 6.50. The Balaban J connectivity index is 0.00000484. The number of aromatic nitrogens is 2. The standard InChI is InChI=1S/C15H27F2N5.HI/c1-4-6-8-19-15(21-12(3)5-2)20-9-7-13-18-10-11-22(13)14(16)17;/h10-12,14H,4-9H2,1-3H3,(H2,19,20,21);1H. The number of halogens is 3. The number of rotatable bonds is 9. The van der Waals surface area contributed by atoms with Gasteiger partial charge >= 0.3 is 6.55 Å². The van der Waals surface area contributed by atoms with Gasteiger partial charge in [-0.1, -0.05) is 20.3 Å². The van der Waals surface area contributed by atoms with Crippen molar-refractivity contribution in [2.75, 3.05) is 13.1 Å². The molecule has 1 aromatic heterocycles. The predicted octanol–water partition coefficient (Wildman–Crippen LogP) is 3.57. The summed E-state index contributed by atoms with van der Waals surface area (Å²) >= 11 is 0. The monoisotopic (exact) mass is 443 g/mol. The molecule has 1 rings (SSSR count). The van der Waals surface area contributed by atoms with Crippen LogP contribution in [0.1, 0.15) is 52.4 Å². The fourth-order valence-corrected chi connectivity index (χ4v) is 1.84. The summed E-state index contributed by atoms with van der Waals surface area (Å²) in [5.74, 6) is 1.11. The van der Waals surface area contributed by atoms with Gasteiger partial charge in [0.1, 0.15) is 5.82 Å². The summed E-state index contributed by atoms with van der Waals surface area (Å²) in [6.07, 6.45) is 6.23. The van der Waals surface area contributed by atoms with Crippen LogP contribution in [-0.4, -0.2) is 34.6 Å². The number of alkyl halides is 2. The Morgan fingerprint density at radius 3 is 2.74 bits per heavy atom. The highest BCUT2D eigenvalue weighted by Crippen LogP contribution is 2.12. The molecule has 1 heterocycles. The fraction of sp³-hybridized carbons (Fsp3) is 0.733. The van der Waals surface area contributed by atoms with Crippen LogP contribution in [0.25, 0.3) is 0 Å². The molecular weight excluding hydrogens is 415 g/mol. The molecule has 8 heteroatoms. The van der Waals surface area contributed by atoms with Gasteiger partial charge in [-0.25, -0.2) is 4.98 Å². The minimum Gasteiger partial charge on any atom is -0.356 e. The van der Waals surface area contributed by atoms with Crippen LogP contribution in [0.15, 0.2) is 17.4 Å². The Labute approximate surface area is 154 Å². The first kappa shape index (κ1) is 22.1. The van der Waals surface area contributed by atoms with E-state index in [4.69, 9.17) is 0 Å². The van der Waals surface area contributed by atoms with Gasteiger partial charge in [0.25, 0.3) is 0 Å². The minimum absolute atomic E-state index is 0. The average molecular weight is 443 g/mol. The van der Waals surface area contributed by atoms with Crippen LogP contribution in [0.5, 0.6) is 0 Å². The van der Waals surface area contributed by atoms with Gasteiger partial charge in [-0.05, 0) is 19.8 Å². The van der Waals surface area contributed by atoms with Gasteiger partial charge in [0, 0.05) is 37.9 Å². The van der Waals surface area contributed by atoms with Gasteiger partial charge in [-0.2, -0.15) is 8.78 Å². The van der Waals surface area contributed by atoms with Gasteiger partial charge < -0.3 is 10.6 Å². The van der Waals surface area contributed by atoms with Crippen LogP contribution in [-0.2, 0) is 6.42 Å². The van der Waals surface area contributed by atoms with Crippen molar-refractivity contribution in [1.29, 1.82) is 0 Å². The van der Waals surface area contributed by atoms with Crippen molar-refractivity contribution in [1.82, 2.24) is 20.2 Å². The predicted molar refractivity (Wildman–Crippen MR) is 101 cm³/mol. The van der Waals surface area contributed by atoms with Gasteiger partial charge in [0.2, 0.25) is 0 Å². The fourth-order valence-electron chi connectivity index (χ4n) is 1.84. The molecule has 134 valence electrons. The molecule has 1 atom stereocenters. The van der Waals surface area contributed by atoms with Crippen molar-refractivity contribution >= 4 is 29.9 Å². The molecule has 0 aliphatic heterocycles. The average Bonchev–Trinajstić information content (AvgIpc) is 2.95. The molecule has 23 heavy (non-hydrogen) atoms. The molecule has 1 aromatic rings. The smallest absolute Gasteiger partial charge is 0.319 e. The Morgan fingerprint density at radius 1 is 1.39 bits per heavy atom. The second kappa shape index (κ2) is 12.5. The number of imidazole rings is 1. The molecule has 2 N–H and O–H groups in total. The lowest BCUT2D eigenvalue weighted by atomic mass is 10.3. The molecule has 0 aromatic carbocycles. The molecule has 1 unspecified atom stereocenters. The molecule has 5 nitrogen and oxygen atoms in total. The molecule has 0 spiro atoms. The molecule has 0 bridgehead atoms. The summed E-state index contributed by atoms with van der Waals surface area (Å²) in [4.78, 5) is 8.47. The third-order valence-electron chi connectivity index (χ3n) is 3.38. The zero-order valence-corrected chi connectivity index (χ0v) is 16.4. The molecule has 0 saturated carbocycles. The van der Waals surface area contributed by atoms with E-state index in [1.807, 2.05) is 0 Å². The van der Waals surface area contributed by atoms with Gasteiger partial charge in [0.15, 0.2) is 5.96 Å². The van der Waals surface area contributed by atoms with Crippen molar-refractivity contribution in [3.63, 3.8) is 0 Å². The SMILES string of the molecule is CCCCN=C(NCCc1nccn1C(F)F)NC(C)CC.I. The minimum atomic E-state index is -2.55. The van der Waals surface area contributed by atoms with Crippen LogP contribution < -0.4 is 10.6 Å². The van der Waals surface area contributed by atoms with Crippen LogP contribution in [0, 0.1) is 0 Å².